The van der Waals surface area contributed by atoms with Crippen molar-refractivity contribution in [2.24, 2.45) is 0 Å². The second-order valence-electron chi connectivity index (χ2n) is 8.34. The van der Waals surface area contributed by atoms with Crippen LogP contribution < -0.4 is 4.74 Å². The SMILES string of the molecule is CCCC1=C(F)CC(c2cc3c(c(F)c2F)Oc2c(ccc(CCC)c2F)C3)CC1. The standard InChI is InChI=1S/C25H26F4O/c1-3-5-14-7-9-16(13-20(14)26)19-12-18-11-17-10-8-15(6-4-2)21(27)24(17)30-25(18)23(29)22(19)28/h8,10,12,16H,3-7,9,11,13H2,1-2H3. The quantitative estimate of drug-likeness (QED) is 0.381. The van der Waals surface area contributed by atoms with Crippen molar-refractivity contribution in [1.29, 1.82) is 0 Å². The van der Waals surface area contributed by atoms with Gasteiger partial charge in [-0.15, -0.1) is 0 Å². The van der Waals surface area contributed by atoms with Gasteiger partial charge in [0, 0.05) is 24.0 Å². The minimum atomic E-state index is -1.11. The van der Waals surface area contributed by atoms with Gasteiger partial charge in [-0.1, -0.05) is 38.8 Å². The van der Waals surface area contributed by atoms with Gasteiger partial charge in [-0.05, 0) is 54.4 Å². The third kappa shape index (κ3) is 3.63. The summed E-state index contributed by atoms with van der Waals surface area (Å²) in [5, 5.41) is 0. The maximum atomic E-state index is 14.9. The molecule has 30 heavy (non-hydrogen) atoms. The number of rotatable bonds is 5. The minimum Gasteiger partial charge on any atom is -0.450 e. The van der Waals surface area contributed by atoms with Crippen LogP contribution in [0.2, 0.25) is 0 Å². The van der Waals surface area contributed by atoms with Gasteiger partial charge in [-0.3, -0.25) is 0 Å². The number of aryl methyl sites for hydroxylation is 1. The van der Waals surface area contributed by atoms with Crippen LogP contribution in [0.5, 0.6) is 11.5 Å². The van der Waals surface area contributed by atoms with Crippen LogP contribution in [0.25, 0.3) is 0 Å². The predicted molar refractivity (Wildman–Crippen MR) is 109 cm³/mol. The Morgan fingerprint density at radius 2 is 1.63 bits per heavy atom. The third-order valence-electron chi connectivity index (χ3n) is 6.23. The first-order valence-electron chi connectivity index (χ1n) is 10.8. The van der Waals surface area contributed by atoms with Crippen LogP contribution in [-0.2, 0) is 12.8 Å². The van der Waals surface area contributed by atoms with Crippen LogP contribution in [0.4, 0.5) is 17.6 Å². The number of halogens is 4. The van der Waals surface area contributed by atoms with Crippen molar-refractivity contribution in [3.63, 3.8) is 0 Å². The number of fused-ring (bicyclic) bond motifs is 2. The Labute approximate surface area is 174 Å². The number of allylic oxidation sites excluding steroid dienone is 2. The first-order valence-corrected chi connectivity index (χ1v) is 10.8. The van der Waals surface area contributed by atoms with Crippen LogP contribution >= 0.6 is 0 Å². The molecule has 0 saturated heterocycles. The highest BCUT2D eigenvalue weighted by atomic mass is 19.2. The highest BCUT2D eigenvalue weighted by molar-refractivity contribution is 5.54. The highest BCUT2D eigenvalue weighted by Crippen LogP contribution is 2.46. The molecule has 1 nitrogen and oxygen atoms in total. The monoisotopic (exact) mass is 418 g/mol. The van der Waals surface area contributed by atoms with E-state index < -0.39 is 23.4 Å². The van der Waals surface area contributed by atoms with E-state index in [-0.39, 0.29) is 35.7 Å². The summed E-state index contributed by atoms with van der Waals surface area (Å²) >= 11 is 0. The van der Waals surface area contributed by atoms with Gasteiger partial charge in [0.15, 0.2) is 23.1 Å². The van der Waals surface area contributed by atoms with Crippen molar-refractivity contribution in [3.8, 4) is 11.5 Å². The molecule has 0 fully saturated rings. The van der Waals surface area contributed by atoms with Gasteiger partial charge in [0.2, 0.25) is 5.82 Å². The lowest BCUT2D eigenvalue weighted by atomic mass is 9.81. The van der Waals surface area contributed by atoms with E-state index >= 15 is 0 Å². The van der Waals surface area contributed by atoms with Crippen LogP contribution in [-0.4, -0.2) is 0 Å². The Kier molecular flexibility index (Phi) is 5.90. The van der Waals surface area contributed by atoms with E-state index in [0.717, 1.165) is 18.4 Å². The number of ether oxygens (including phenoxy) is 1. The largest absolute Gasteiger partial charge is 0.450 e. The lowest BCUT2D eigenvalue weighted by molar-refractivity contribution is 0.372. The van der Waals surface area contributed by atoms with Crippen molar-refractivity contribution in [1.82, 2.24) is 0 Å². The maximum absolute atomic E-state index is 14.9. The number of hydrogen-bond acceptors (Lipinski definition) is 1. The zero-order chi connectivity index (χ0) is 21.4. The predicted octanol–water partition coefficient (Wildman–Crippen LogP) is 8.04. The summed E-state index contributed by atoms with van der Waals surface area (Å²) in [6, 6.07) is 5.09. The topological polar surface area (TPSA) is 9.23 Å². The smallest absolute Gasteiger partial charge is 0.201 e. The first-order chi connectivity index (χ1) is 14.4. The number of benzene rings is 2. The Balaban J connectivity index is 1.68. The molecule has 0 saturated carbocycles. The number of hydrogen-bond donors (Lipinski definition) is 0. The van der Waals surface area contributed by atoms with Gasteiger partial charge < -0.3 is 4.74 Å². The molecule has 160 valence electrons. The summed E-state index contributed by atoms with van der Waals surface area (Å²) in [5.74, 6) is -3.51. The molecule has 2 aromatic rings. The summed E-state index contributed by atoms with van der Waals surface area (Å²) in [5.41, 5.74) is 2.57. The van der Waals surface area contributed by atoms with Gasteiger partial charge in [-0.2, -0.15) is 4.39 Å². The molecule has 1 heterocycles. The Hall–Kier alpha value is -2.30. The fourth-order valence-electron chi connectivity index (χ4n) is 4.65. The molecule has 0 aromatic heterocycles. The first kappa shape index (κ1) is 21.0. The molecule has 0 bridgehead atoms. The molecule has 1 unspecified atom stereocenters. The summed E-state index contributed by atoms with van der Waals surface area (Å²) in [6.45, 7) is 3.94. The minimum absolute atomic E-state index is 0.0182. The average Bonchev–Trinajstić information content (AvgIpc) is 2.74. The molecule has 1 aliphatic heterocycles. The zero-order valence-corrected chi connectivity index (χ0v) is 17.4. The Morgan fingerprint density at radius 1 is 0.900 bits per heavy atom. The van der Waals surface area contributed by atoms with Gasteiger partial charge >= 0.3 is 0 Å². The second kappa shape index (κ2) is 8.44. The van der Waals surface area contributed by atoms with Crippen LogP contribution in [0.1, 0.15) is 80.5 Å². The zero-order valence-electron chi connectivity index (χ0n) is 17.4. The summed E-state index contributed by atoms with van der Waals surface area (Å²) in [7, 11) is 0. The molecule has 1 aliphatic carbocycles. The molecule has 5 heteroatoms. The molecule has 4 rings (SSSR count). The summed E-state index contributed by atoms with van der Waals surface area (Å²) in [6.07, 6.45) is 4.38. The maximum Gasteiger partial charge on any atom is 0.201 e. The van der Waals surface area contributed by atoms with E-state index in [1.807, 2.05) is 13.8 Å². The van der Waals surface area contributed by atoms with E-state index in [9.17, 15) is 17.6 Å². The van der Waals surface area contributed by atoms with Gasteiger partial charge in [0.25, 0.3) is 0 Å². The molecule has 2 aromatic carbocycles. The van der Waals surface area contributed by atoms with Crippen LogP contribution in [0.15, 0.2) is 29.6 Å². The molecular formula is C25H26F4O. The van der Waals surface area contributed by atoms with E-state index in [4.69, 9.17) is 4.74 Å². The second-order valence-corrected chi connectivity index (χ2v) is 8.34. The molecule has 0 amide bonds. The molecule has 2 aliphatic rings. The van der Waals surface area contributed by atoms with Gasteiger partial charge in [0.1, 0.15) is 0 Å². The van der Waals surface area contributed by atoms with Crippen molar-refractivity contribution in [3.05, 3.63) is 69.3 Å². The lowest BCUT2D eigenvalue weighted by Gasteiger charge is -2.27. The van der Waals surface area contributed by atoms with E-state index in [2.05, 4.69) is 0 Å². The van der Waals surface area contributed by atoms with Crippen molar-refractivity contribution >= 4 is 0 Å². The van der Waals surface area contributed by atoms with Crippen molar-refractivity contribution < 1.29 is 22.3 Å². The average molecular weight is 418 g/mol. The van der Waals surface area contributed by atoms with Crippen molar-refractivity contribution in [2.45, 2.75) is 71.1 Å². The Morgan fingerprint density at radius 3 is 2.33 bits per heavy atom. The van der Waals surface area contributed by atoms with E-state index in [0.29, 0.717) is 42.4 Å². The third-order valence-corrected chi connectivity index (χ3v) is 6.23. The fraction of sp³-hybridized carbons (Fsp3) is 0.440. The fourth-order valence-corrected chi connectivity index (χ4v) is 4.65. The summed E-state index contributed by atoms with van der Waals surface area (Å²) in [4.78, 5) is 0. The molecule has 0 spiro atoms. The van der Waals surface area contributed by atoms with Gasteiger partial charge in [-0.25, -0.2) is 13.2 Å². The molecule has 1 atom stereocenters. The summed E-state index contributed by atoms with van der Waals surface area (Å²) < 4.78 is 64.7. The normalized spacial score (nSPS) is 18.1. The molecule has 0 radical (unpaired) electrons. The van der Waals surface area contributed by atoms with Crippen LogP contribution in [0, 0.1) is 17.5 Å². The molecular weight excluding hydrogens is 392 g/mol. The lowest BCUT2D eigenvalue weighted by Crippen LogP contribution is -2.14. The van der Waals surface area contributed by atoms with E-state index in [1.165, 1.54) is 0 Å². The molecule has 0 N–H and O–H groups in total. The highest BCUT2D eigenvalue weighted by Gasteiger charge is 2.32. The van der Waals surface area contributed by atoms with Crippen LogP contribution in [0.3, 0.4) is 0 Å². The Bertz CT molecular complexity index is 1010. The van der Waals surface area contributed by atoms with Crippen molar-refractivity contribution in [2.75, 3.05) is 0 Å². The van der Waals surface area contributed by atoms with E-state index in [1.54, 1.807) is 18.2 Å². The van der Waals surface area contributed by atoms with Gasteiger partial charge in [0.05, 0.1) is 5.83 Å².